The highest BCUT2D eigenvalue weighted by atomic mass is 35.5. The second kappa shape index (κ2) is 5.94. The largest absolute Gasteiger partial charge is 0.270 e. The summed E-state index contributed by atoms with van der Waals surface area (Å²) in [6.45, 7) is 1.74. The molecule has 0 saturated carbocycles. The fourth-order valence-corrected chi connectivity index (χ4v) is 3.54. The second-order valence-corrected chi connectivity index (χ2v) is 7.06. The Morgan fingerprint density at radius 2 is 1.86 bits per heavy atom. The van der Waals surface area contributed by atoms with Gasteiger partial charge in [-0.2, -0.15) is 0 Å². The summed E-state index contributed by atoms with van der Waals surface area (Å²) in [6.07, 6.45) is 0. The maximum absolute atomic E-state index is 12.6. The molecule has 0 spiro atoms. The molecule has 0 N–H and O–H groups in total. The lowest BCUT2D eigenvalue weighted by Crippen LogP contribution is -2.27. The predicted molar refractivity (Wildman–Crippen MR) is 84.9 cm³/mol. The molecule has 0 radical (unpaired) electrons. The number of non-ortho nitro benzene ring substituents is 1. The van der Waals surface area contributed by atoms with Crippen molar-refractivity contribution in [2.75, 3.05) is 11.4 Å². The molecule has 0 fully saturated rings. The molecule has 2 aromatic carbocycles. The third kappa shape index (κ3) is 3.05. The maximum atomic E-state index is 12.6. The summed E-state index contributed by atoms with van der Waals surface area (Å²) in [4.78, 5) is 10.0. The van der Waals surface area contributed by atoms with Gasteiger partial charge in [0.2, 0.25) is 0 Å². The minimum atomic E-state index is -3.90. The molecule has 2 rings (SSSR count). The van der Waals surface area contributed by atoms with Crippen LogP contribution in [0.3, 0.4) is 0 Å². The number of nitro benzene ring substituents is 1. The molecular weight excluding hydrogens is 328 g/mol. The Kier molecular flexibility index (Phi) is 4.39. The molecule has 0 unspecified atom stereocenters. The van der Waals surface area contributed by atoms with Crippen molar-refractivity contribution in [2.45, 2.75) is 11.8 Å². The number of hydrogen-bond acceptors (Lipinski definition) is 4. The van der Waals surface area contributed by atoms with Crippen molar-refractivity contribution in [2.24, 2.45) is 0 Å². The van der Waals surface area contributed by atoms with Crippen LogP contribution < -0.4 is 4.31 Å². The Bertz CT molecular complexity index is 836. The fraction of sp³-hybridized carbons (Fsp3) is 0.143. The molecule has 0 saturated heterocycles. The van der Waals surface area contributed by atoms with E-state index in [1.807, 2.05) is 0 Å². The second-order valence-electron chi connectivity index (χ2n) is 4.66. The van der Waals surface area contributed by atoms with E-state index in [1.165, 1.54) is 25.2 Å². The quantitative estimate of drug-likeness (QED) is 0.631. The first-order valence-corrected chi connectivity index (χ1v) is 8.05. The summed E-state index contributed by atoms with van der Waals surface area (Å²) in [6, 6.07) is 9.77. The van der Waals surface area contributed by atoms with E-state index in [2.05, 4.69) is 0 Å². The summed E-state index contributed by atoms with van der Waals surface area (Å²) < 4.78 is 26.3. The number of anilines is 1. The van der Waals surface area contributed by atoms with Gasteiger partial charge in [-0.15, -0.1) is 0 Å². The molecule has 6 nitrogen and oxygen atoms in total. The average Bonchev–Trinajstić information content (AvgIpc) is 2.46. The lowest BCUT2D eigenvalue weighted by molar-refractivity contribution is -0.385. The van der Waals surface area contributed by atoms with Crippen LogP contribution in [0.2, 0.25) is 5.02 Å². The molecule has 116 valence electrons. The van der Waals surface area contributed by atoms with Gasteiger partial charge in [-0.25, -0.2) is 8.42 Å². The molecule has 0 aliphatic carbocycles. The normalized spacial score (nSPS) is 11.2. The molecule has 0 aromatic heterocycles. The van der Waals surface area contributed by atoms with Crippen LogP contribution in [0, 0.1) is 17.0 Å². The SMILES string of the molecule is Cc1cc(Cl)ccc1N(C)S(=O)(=O)c1cccc([N+](=O)[O-])c1. The van der Waals surface area contributed by atoms with E-state index < -0.39 is 14.9 Å². The van der Waals surface area contributed by atoms with Crippen LogP contribution in [0.25, 0.3) is 0 Å². The monoisotopic (exact) mass is 340 g/mol. The van der Waals surface area contributed by atoms with Gasteiger partial charge >= 0.3 is 0 Å². The van der Waals surface area contributed by atoms with Crippen molar-refractivity contribution in [3.05, 3.63) is 63.2 Å². The summed E-state index contributed by atoms with van der Waals surface area (Å²) in [5, 5.41) is 11.3. The summed E-state index contributed by atoms with van der Waals surface area (Å²) in [5.41, 5.74) is 0.863. The van der Waals surface area contributed by atoms with E-state index in [1.54, 1.807) is 25.1 Å². The molecule has 8 heteroatoms. The smallest absolute Gasteiger partial charge is 0.269 e. The van der Waals surface area contributed by atoms with Crippen molar-refractivity contribution in [3.8, 4) is 0 Å². The highest BCUT2D eigenvalue weighted by Crippen LogP contribution is 2.28. The van der Waals surface area contributed by atoms with Gasteiger partial charge in [-0.3, -0.25) is 14.4 Å². The fourth-order valence-electron chi connectivity index (χ4n) is 2.02. The van der Waals surface area contributed by atoms with E-state index in [0.29, 0.717) is 16.3 Å². The number of sulfonamides is 1. The Hall–Kier alpha value is -2.12. The molecule has 0 atom stereocenters. The third-order valence-electron chi connectivity index (χ3n) is 3.18. The molecule has 0 aliphatic heterocycles. The number of nitrogens with zero attached hydrogens (tertiary/aromatic N) is 2. The van der Waals surface area contributed by atoms with E-state index >= 15 is 0 Å². The van der Waals surface area contributed by atoms with Crippen molar-refractivity contribution in [1.29, 1.82) is 0 Å². The number of rotatable bonds is 4. The number of aryl methyl sites for hydroxylation is 1. The predicted octanol–water partition coefficient (Wildman–Crippen LogP) is 3.38. The highest BCUT2D eigenvalue weighted by molar-refractivity contribution is 7.92. The van der Waals surface area contributed by atoms with E-state index in [9.17, 15) is 18.5 Å². The molecule has 22 heavy (non-hydrogen) atoms. The van der Waals surface area contributed by atoms with Crippen molar-refractivity contribution < 1.29 is 13.3 Å². The number of hydrogen-bond donors (Lipinski definition) is 0. The standard InChI is InChI=1S/C14H13ClN2O4S/c1-10-8-11(15)6-7-14(10)16(2)22(20,21)13-5-3-4-12(9-13)17(18)19/h3-9H,1-2H3. The van der Waals surface area contributed by atoms with Gasteiger partial charge in [0.1, 0.15) is 0 Å². The van der Waals surface area contributed by atoms with Crippen molar-refractivity contribution >= 4 is 33.0 Å². The zero-order valence-corrected chi connectivity index (χ0v) is 13.4. The van der Waals surface area contributed by atoms with Crippen LogP contribution >= 0.6 is 11.6 Å². The van der Waals surface area contributed by atoms with Crippen molar-refractivity contribution in [3.63, 3.8) is 0 Å². The average molecular weight is 341 g/mol. The van der Waals surface area contributed by atoms with Crippen molar-refractivity contribution in [1.82, 2.24) is 0 Å². The molecule has 0 bridgehead atoms. The van der Waals surface area contributed by atoms with Gasteiger partial charge in [0.05, 0.1) is 15.5 Å². The molecule has 0 heterocycles. The first-order chi connectivity index (χ1) is 10.2. The van der Waals surface area contributed by atoms with Crippen LogP contribution in [-0.4, -0.2) is 20.4 Å². The van der Waals surface area contributed by atoms with Gasteiger partial charge in [0.15, 0.2) is 0 Å². The Morgan fingerprint density at radius 3 is 2.45 bits per heavy atom. The first-order valence-electron chi connectivity index (χ1n) is 6.23. The summed E-state index contributed by atoms with van der Waals surface area (Å²) in [5.74, 6) is 0. The first kappa shape index (κ1) is 16.3. The van der Waals surface area contributed by atoms with E-state index in [0.717, 1.165) is 10.4 Å². The van der Waals surface area contributed by atoms with Gasteiger partial charge < -0.3 is 0 Å². The third-order valence-corrected chi connectivity index (χ3v) is 5.19. The molecule has 0 amide bonds. The zero-order chi connectivity index (χ0) is 16.5. The Balaban J connectivity index is 2.49. The molecule has 0 aliphatic rings. The van der Waals surface area contributed by atoms with E-state index in [4.69, 9.17) is 11.6 Å². The lowest BCUT2D eigenvalue weighted by Gasteiger charge is -2.21. The number of nitro groups is 1. The minimum Gasteiger partial charge on any atom is -0.269 e. The highest BCUT2D eigenvalue weighted by Gasteiger charge is 2.24. The summed E-state index contributed by atoms with van der Waals surface area (Å²) >= 11 is 5.87. The van der Waals surface area contributed by atoms with Gasteiger partial charge in [-0.1, -0.05) is 17.7 Å². The summed E-state index contributed by atoms with van der Waals surface area (Å²) in [7, 11) is -2.50. The number of benzene rings is 2. The van der Waals surface area contributed by atoms with Crippen LogP contribution in [0.1, 0.15) is 5.56 Å². The van der Waals surface area contributed by atoms with Crippen LogP contribution in [0.4, 0.5) is 11.4 Å². The topological polar surface area (TPSA) is 80.5 Å². The maximum Gasteiger partial charge on any atom is 0.270 e. The minimum absolute atomic E-state index is 0.140. The molecule has 2 aromatic rings. The van der Waals surface area contributed by atoms with E-state index in [-0.39, 0.29) is 10.6 Å². The Labute approximate surface area is 133 Å². The number of halogens is 1. The zero-order valence-electron chi connectivity index (χ0n) is 11.9. The Morgan fingerprint density at radius 1 is 1.18 bits per heavy atom. The van der Waals surface area contributed by atoms with Crippen LogP contribution in [0.15, 0.2) is 47.4 Å². The van der Waals surface area contributed by atoms with Crippen LogP contribution in [-0.2, 0) is 10.0 Å². The van der Waals surface area contributed by atoms with Crippen LogP contribution in [0.5, 0.6) is 0 Å². The van der Waals surface area contributed by atoms with Gasteiger partial charge in [0.25, 0.3) is 15.7 Å². The lowest BCUT2D eigenvalue weighted by atomic mass is 10.2. The molecular formula is C14H13ClN2O4S. The van der Waals surface area contributed by atoms with Gasteiger partial charge in [0, 0.05) is 24.2 Å². The van der Waals surface area contributed by atoms with Gasteiger partial charge in [-0.05, 0) is 36.8 Å².